The smallest absolute Gasteiger partial charge is 0.0722 e. The monoisotopic (exact) mass is 227 g/mol. The summed E-state index contributed by atoms with van der Waals surface area (Å²) in [5, 5.41) is 4.71. The first-order valence-electron chi connectivity index (χ1n) is 6.16. The van der Waals surface area contributed by atoms with Crippen LogP contribution in [0, 0.1) is 5.92 Å². The molecule has 0 amide bonds. The summed E-state index contributed by atoms with van der Waals surface area (Å²) in [5.41, 5.74) is 8.01. The van der Waals surface area contributed by atoms with Crippen molar-refractivity contribution in [2.75, 3.05) is 11.9 Å². The molecule has 0 bridgehead atoms. The Morgan fingerprint density at radius 1 is 1.24 bits per heavy atom. The van der Waals surface area contributed by atoms with E-state index in [0.29, 0.717) is 6.04 Å². The van der Waals surface area contributed by atoms with Crippen LogP contribution in [-0.4, -0.2) is 17.6 Å². The van der Waals surface area contributed by atoms with E-state index in [-0.39, 0.29) is 0 Å². The van der Waals surface area contributed by atoms with Gasteiger partial charge in [0.15, 0.2) is 0 Å². The molecule has 0 aliphatic heterocycles. The highest BCUT2D eigenvalue weighted by Crippen LogP contribution is 2.27. The fraction of sp³-hybridized carbons (Fsp3) is 0.357. The van der Waals surface area contributed by atoms with Gasteiger partial charge in [-0.2, -0.15) is 0 Å². The zero-order chi connectivity index (χ0) is 11.7. The predicted molar refractivity (Wildman–Crippen MR) is 70.9 cm³/mol. The van der Waals surface area contributed by atoms with Gasteiger partial charge in [-0.05, 0) is 30.9 Å². The first kappa shape index (κ1) is 10.5. The van der Waals surface area contributed by atoms with Gasteiger partial charge in [0.1, 0.15) is 0 Å². The predicted octanol–water partition coefficient (Wildman–Crippen LogP) is 2.38. The summed E-state index contributed by atoms with van der Waals surface area (Å²) in [7, 11) is 0. The standard InChI is InChI=1S/C14H17N3/c15-11-7-10(8-11)9-17-14-5-6-16-13-4-2-1-3-12(13)14/h1-6,10-11H,7-9,15H2,(H,16,17). The highest BCUT2D eigenvalue weighted by molar-refractivity contribution is 5.90. The second-order valence-corrected chi connectivity index (χ2v) is 4.85. The molecular formula is C14H17N3. The summed E-state index contributed by atoms with van der Waals surface area (Å²) in [5.74, 6) is 0.733. The lowest BCUT2D eigenvalue weighted by Crippen LogP contribution is -2.39. The number of fused-ring (bicyclic) bond motifs is 1. The van der Waals surface area contributed by atoms with Crippen LogP contribution < -0.4 is 11.1 Å². The number of para-hydroxylation sites is 1. The Morgan fingerprint density at radius 2 is 2.06 bits per heavy atom. The highest BCUT2D eigenvalue weighted by atomic mass is 14.9. The van der Waals surface area contributed by atoms with E-state index in [9.17, 15) is 0 Å². The molecule has 3 nitrogen and oxygen atoms in total. The summed E-state index contributed by atoms with van der Waals surface area (Å²) in [6.45, 7) is 1.02. The molecule has 0 atom stereocenters. The maximum atomic E-state index is 5.79. The highest BCUT2D eigenvalue weighted by Gasteiger charge is 2.25. The fourth-order valence-corrected chi connectivity index (χ4v) is 2.46. The minimum atomic E-state index is 0.427. The third-order valence-corrected chi connectivity index (χ3v) is 3.50. The number of pyridine rings is 1. The molecule has 1 fully saturated rings. The van der Waals surface area contributed by atoms with E-state index in [1.807, 2.05) is 24.4 Å². The van der Waals surface area contributed by atoms with Crippen molar-refractivity contribution < 1.29 is 0 Å². The lowest BCUT2D eigenvalue weighted by atomic mass is 9.81. The molecule has 2 aromatic rings. The number of hydrogen-bond donors (Lipinski definition) is 2. The van der Waals surface area contributed by atoms with Crippen molar-refractivity contribution in [2.24, 2.45) is 11.7 Å². The molecule has 3 N–H and O–H groups in total. The fourth-order valence-electron chi connectivity index (χ4n) is 2.46. The maximum absolute atomic E-state index is 5.79. The molecule has 3 rings (SSSR count). The average molecular weight is 227 g/mol. The van der Waals surface area contributed by atoms with Crippen molar-refractivity contribution >= 4 is 16.6 Å². The largest absolute Gasteiger partial charge is 0.384 e. The second kappa shape index (κ2) is 4.34. The molecule has 1 aliphatic rings. The molecule has 1 aliphatic carbocycles. The van der Waals surface area contributed by atoms with Gasteiger partial charge >= 0.3 is 0 Å². The first-order chi connectivity index (χ1) is 8.33. The van der Waals surface area contributed by atoms with Crippen molar-refractivity contribution in [3.8, 4) is 0 Å². The van der Waals surface area contributed by atoms with Gasteiger partial charge < -0.3 is 11.1 Å². The van der Waals surface area contributed by atoms with Gasteiger partial charge in [0.05, 0.1) is 5.52 Å². The summed E-state index contributed by atoms with van der Waals surface area (Å²) < 4.78 is 0. The molecule has 0 radical (unpaired) electrons. The van der Waals surface area contributed by atoms with Crippen molar-refractivity contribution in [1.82, 2.24) is 4.98 Å². The lowest BCUT2D eigenvalue weighted by Gasteiger charge is -2.32. The number of nitrogens with zero attached hydrogens (tertiary/aromatic N) is 1. The third kappa shape index (κ3) is 2.11. The first-order valence-corrected chi connectivity index (χ1v) is 6.16. The number of aromatic nitrogens is 1. The van der Waals surface area contributed by atoms with Gasteiger partial charge in [0.2, 0.25) is 0 Å². The molecule has 0 unspecified atom stereocenters. The number of nitrogens with two attached hydrogens (primary N) is 1. The molecule has 88 valence electrons. The molecule has 0 saturated heterocycles. The van der Waals surface area contributed by atoms with E-state index in [1.54, 1.807) is 0 Å². The van der Waals surface area contributed by atoms with Crippen LogP contribution in [0.1, 0.15) is 12.8 Å². The topological polar surface area (TPSA) is 50.9 Å². The van der Waals surface area contributed by atoms with E-state index in [1.165, 1.54) is 11.1 Å². The van der Waals surface area contributed by atoms with Gasteiger partial charge in [-0.15, -0.1) is 0 Å². The van der Waals surface area contributed by atoms with Crippen LogP contribution in [0.4, 0.5) is 5.69 Å². The molecular weight excluding hydrogens is 210 g/mol. The summed E-state index contributed by atoms with van der Waals surface area (Å²) in [4.78, 5) is 4.36. The maximum Gasteiger partial charge on any atom is 0.0722 e. The summed E-state index contributed by atoms with van der Waals surface area (Å²) in [6, 6.07) is 10.7. The minimum Gasteiger partial charge on any atom is -0.384 e. The van der Waals surface area contributed by atoms with E-state index in [2.05, 4.69) is 22.4 Å². The van der Waals surface area contributed by atoms with E-state index >= 15 is 0 Å². The Labute approximate surface area is 101 Å². The summed E-state index contributed by atoms with van der Waals surface area (Å²) in [6.07, 6.45) is 4.16. The number of rotatable bonds is 3. The van der Waals surface area contributed by atoms with Gasteiger partial charge in [-0.3, -0.25) is 4.98 Å². The molecule has 17 heavy (non-hydrogen) atoms. The van der Waals surface area contributed by atoms with Crippen molar-refractivity contribution in [3.05, 3.63) is 36.5 Å². The van der Waals surface area contributed by atoms with Gasteiger partial charge in [0.25, 0.3) is 0 Å². The Balaban J connectivity index is 1.76. The molecule has 1 aromatic heterocycles. The van der Waals surface area contributed by atoms with Gasteiger partial charge in [-0.1, -0.05) is 18.2 Å². The average Bonchev–Trinajstić information content (AvgIpc) is 2.33. The van der Waals surface area contributed by atoms with Crippen LogP contribution in [0.15, 0.2) is 36.5 Å². The Hall–Kier alpha value is -1.61. The van der Waals surface area contributed by atoms with Crippen LogP contribution in [0.5, 0.6) is 0 Å². The third-order valence-electron chi connectivity index (χ3n) is 3.50. The summed E-state index contributed by atoms with van der Waals surface area (Å²) >= 11 is 0. The SMILES string of the molecule is NC1CC(CNc2ccnc3ccccc23)C1. The van der Waals surface area contributed by atoms with Crippen LogP contribution in [0.2, 0.25) is 0 Å². The zero-order valence-electron chi connectivity index (χ0n) is 9.76. The molecule has 1 aromatic carbocycles. The van der Waals surface area contributed by atoms with E-state index in [0.717, 1.165) is 30.8 Å². The zero-order valence-corrected chi connectivity index (χ0v) is 9.76. The second-order valence-electron chi connectivity index (χ2n) is 4.85. The van der Waals surface area contributed by atoms with Crippen LogP contribution in [0.25, 0.3) is 10.9 Å². The van der Waals surface area contributed by atoms with E-state index < -0.39 is 0 Å². The quantitative estimate of drug-likeness (QED) is 0.846. The minimum absolute atomic E-state index is 0.427. The van der Waals surface area contributed by atoms with Crippen molar-refractivity contribution in [3.63, 3.8) is 0 Å². The Morgan fingerprint density at radius 3 is 2.88 bits per heavy atom. The number of hydrogen-bond acceptors (Lipinski definition) is 3. The van der Waals surface area contributed by atoms with Gasteiger partial charge in [-0.25, -0.2) is 0 Å². The Bertz CT molecular complexity index is 512. The molecule has 1 heterocycles. The van der Waals surface area contributed by atoms with E-state index in [4.69, 9.17) is 5.73 Å². The van der Waals surface area contributed by atoms with Crippen LogP contribution in [-0.2, 0) is 0 Å². The van der Waals surface area contributed by atoms with Crippen LogP contribution >= 0.6 is 0 Å². The van der Waals surface area contributed by atoms with Crippen LogP contribution in [0.3, 0.4) is 0 Å². The number of nitrogens with one attached hydrogen (secondary N) is 1. The Kier molecular flexibility index (Phi) is 2.69. The normalized spacial score (nSPS) is 23.4. The number of benzene rings is 1. The van der Waals surface area contributed by atoms with Crippen molar-refractivity contribution in [1.29, 1.82) is 0 Å². The molecule has 0 spiro atoms. The molecule has 1 saturated carbocycles. The van der Waals surface area contributed by atoms with Gasteiger partial charge in [0, 0.05) is 29.9 Å². The van der Waals surface area contributed by atoms with Crippen molar-refractivity contribution in [2.45, 2.75) is 18.9 Å². The lowest BCUT2D eigenvalue weighted by molar-refractivity contribution is 0.280. The number of anilines is 1. The molecule has 3 heteroatoms.